The van der Waals surface area contributed by atoms with Gasteiger partial charge in [0.05, 0.1) is 23.8 Å². The number of hydrogen-bond donors (Lipinski definition) is 1. The van der Waals surface area contributed by atoms with Gasteiger partial charge in [0, 0.05) is 29.0 Å². The standard InChI is InChI=1S/C17H13F6N3O3S/c1-8-12(24-4-3-13(8)28-2)7-30(27)15-25-10-5-9(16(18,19)20)14(6-11(10)26-15)29-17(21,22)23/h3-6H,7H2,1-2H3,(H,25,26). The van der Waals surface area contributed by atoms with Gasteiger partial charge in [0.1, 0.15) is 17.1 Å². The lowest BCUT2D eigenvalue weighted by molar-refractivity contribution is -0.276. The first-order valence-corrected chi connectivity index (χ1v) is 9.44. The number of pyridine rings is 1. The third-order valence-electron chi connectivity index (χ3n) is 4.05. The fraction of sp³-hybridized carbons (Fsp3) is 0.294. The highest BCUT2D eigenvalue weighted by Gasteiger charge is 2.40. The van der Waals surface area contributed by atoms with Gasteiger partial charge in [0.2, 0.25) is 0 Å². The van der Waals surface area contributed by atoms with Gasteiger partial charge in [-0.3, -0.25) is 9.97 Å². The second kappa shape index (κ2) is 7.87. The number of hydrogen-bond acceptors (Lipinski definition) is 5. The Bertz CT molecular complexity index is 1070. The Hall–Kier alpha value is -2.67. The zero-order chi connectivity index (χ0) is 22.3. The van der Waals surface area contributed by atoms with E-state index in [4.69, 9.17) is 4.74 Å². The Morgan fingerprint density at radius 2 is 1.83 bits per heavy atom. The number of imidazole rings is 1. The molecule has 3 rings (SSSR count). The SMILES string of the molecule is COc1ccnc(C[S+]([O-])c2nc3cc(OC(F)(F)F)c(C(F)(F)F)cc3[nH]2)c1C. The van der Waals surface area contributed by atoms with Crippen LogP contribution in [0.5, 0.6) is 11.5 Å². The van der Waals surface area contributed by atoms with Gasteiger partial charge in [-0.25, -0.2) is 0 Å². The molecule has 30 heavy (non-hydrogen) atoms. The Morgan fingerprint density at radius 1 is 1.13 bits per heavy atom. The van der Waals surface area contributed by atoms with Crippen molar-refractivity contribution in [3.8, 4) is 11.5 Å². The van der Waals surface area contributed by atoms with Gasteiger partial charge in [-0.1, -0.05) is 0 Å². The van der Waals surface area contributed by atoms with E-state index in [9.17, 15) is 30.9 Å². The van der Waals surface area contributed by atoms with E-state index in [-0.39, 0.29) is 21.9 Å². The highest BCUT2D eigenvalue weighted by molar-refractivity contribution is 7.90. The van der Waals surface area contributed by atoms with Crippen molar-refractivity contribution in [2.24, 2.45) is 0 Å². The second-order valence-corrected chi connectivity index (χ2v) is 7.39. The maximum absolute atomic E-state index is 13.2. The Morgan fingerprint density at radius 3 is 2.43 bits per heavy atom. The number of rotatable bonds is 5. The number of alkyl halides is 6. The van der Waals surface area contributed by atoms with E-state index in [0.29, 0.717) is 29.1 Å². The molecule has 3 aromatic rings. The molecule has 2 heterocycles. The molecule has 1 atom stereocenters. The van der Waals surface area contributed by atoms with E-state index < -0.39 is 35.0 Å². The van der Waals surface area contributed by atoms with Crippen LogP contribution in [0.3, 0.4) is 0 Å². The lowest BCUT2D eigenvalue weighted by atomic mass is 10.1. The summed E-state index contributed by atoms with van der Waals surface area (Å²) in [4.78, 5) is 10.4. The number of ether oxygens (including phenoxy) is 2. The molecular formula is C17H13F6N3O3S. The van der Waals surface area contributed by atoms with Gasteiger partial charge >= 0.3 is 17.7 Å². The van der Waals surface area contributed by atoms with Crippen molar-refractivity contribution in [2.45, 2.75) is 30.4 Å². The van der Waals surface area contributed by atoms with Crippen LogP contribution in [0.25, 0.3) is 11.0 Å². The van der Waals surface area contributed by atoms with Crippen LogP contribution in [0.15, 0.2) is 29.6 Å². The van der Waals surface area contributed by atoms with Gasteiger partial charge < -0.3 is 14.0 Å². The molecule has 1 aromatic carbocycles. The second-order valence-electron chi connectivity index (χ2n) is 6.03. The van der Waals surface area contributed by atoms with Crippen molar-refractivity contribution < 1.29 is 40.4 Å². The number of halogens is 6. The van der Waals surface area contributed by atoms with Crippen molar-refractivity contribution in [1.82, 2.24) is 15.0 Å². The molecule has 0 saturated carbocycles. The summed E-state index contributed by atoms with van der Waals surface area (Å²) in [7, 11) is 1.45. The molecule has 0 amide bonds. The molecule has 0 aliphatic heterocycles. The maximum atomic E-state index is 13.2. The summed E-state index contributed by atoms with van der Waals surface area (Å²) < 4.78 is 98.3. The smallest absolute Gasteiger partial charge is 0.573 e. The number of methoxy groups -OCH3 is 1. The van der Waals surface area contributed by atoms with Crippen molar-refractivity contribution in [1.29, 1.82) is 0 Å². The molecule has 0 radical (unpaired) electrons. The van der Waals surface area contributed by atoms with E-state index in [1.54, 1.807) is 13.0 Å². The third-order valence-corrected chi connectivity index (χ3v) is 5.21. The molecule has 2 aromatic heterocycles. The minimum atomic E-state index is -5.33. The first-order valence-electron chi connectivity index (χ1n) is 8.12. The van der Waals surface area contributed by atoms with Gasteiger partial charge in [0.15, 0.2) is 5.75 Å². The normalized spacial score (nSPS) is 13.5. The van der Waals surface area contributed by atoms with Gasteiger partial charge in [-0.05, 0) is 19.1 Å². The monoisotopic (exact) mass is 453 g/mol. The van der Waals surface area contributed by atoms with Crippen molar-refractivity contribution in [3.05, 3.63) is 41.2 Å². The van der Waals surface area contributed by atoms with Crippen LogP contribution in [0.2, 0.25) is 0 Å². The van der Waals surface area contributed by atoms with Crippen LogP contribution in [-0.4, -0.2) is 33.0 Å². The molecule has 13 heteroatoms. The van der Waals surface area contributed by atoms with Gasteiger partial charge in [-0.15, -0.1) is 13.2 Å². The summed E-state index contributed by atoms with van der Waals surface area (Å²) in [5.74, 6) is -1.08. The summed E-state index contributed by atoms with van der Waals surface area (Å²) in [6, 6.07) is 2.53. The number of nitrogens with one attached hydrogen (secondary N) is 1. The average molecular weight is 453 g/mol. The fourth-order valence-corrected chi connectivity index (χ4v) is 3.77. The van der Waals surface area contributed by atoms with E-state index in [0.717, 1.165) is 0 Å². The number of aromatic amines is 1. The predicted octanol–water partition coefficient (Wildman–Crippen LogP) is 4.50. The molecule has 0 saturated heterocycles. The minimum absolute atomic E-state index is 0.138. The molecule has 0 fully saturated rings. The molecule has 1 N–H and O–H groups in total. The van der Waals surface area contributed by atoms with Crippen LogP contribution in [-0.2, 0) is 23.1 Å². The van der Waals surface area contributed by atoms with Crippen LogP contribution >= 0.6 is 0 Å². The first kappa shape index (κ1) is 22.0. The molecule has 6 nitrogen and oxygen atoms in total. The van der Waals surface area contributed by atoms with E-state index in [1.807, 2.05) is 0 Å². The van der Waals surface area contributed by atoms with Gasteiger partial charge in [0.25, 0.3) is 0 Å². The maximum Gasteiger partial charge on any atom is 0.573 e. The molecular weight excluding hydrogens is 440 g/mol. The molecule has 0 spiro atoms. The van der Waals surface area contributed by atoms with Crippen LogP contribution in [0.1, 0.15) is 16.8 Å². The summed E-state index contributed by atoms with van der Waals surface area (Å²) in [5, 5.41) is -0.216. The third kappa shape index (κ3) is 4.73. The molecule has 1 unspecified atom stereocenters. The van der Waals surface area contributed by atoms with E-state index in [1.165, 1.54) is 13.3 Å². The van der Waals surface area contributed by atoms with Crippen LogP contribution in [0, 0.1) is 6.92 Å². The Labute approximate surface area is 168 Å². The molecule has 162 valence electrons. The summed E-state index contributed by atoms with van der Waals surface area (Å²) >= 11 is -1.87. The average Bonchev–Trinajstić information content (AvgIpc) is 3.03. The summed E-state index contributed by atoms with van der Waals surface area (Å²) in [6.07, 6.45) is -9.00. The quantitative estimate of drug-likeness (QED) is 0.454. The summed E-state index contributed by atoms with van der Waals surface area (Å²) in [5.41, 5.74) is -1.12. The molecule has 0 aliphatic carbocycles. The first-order chi connectivity index (χ1) is 13.9. The van der Waals surface area contributed by atoms with E-state index in [2.05, 4.69) is 19.7 Å². The number of H-pyrrole nitrogens is 1. The zero-order valence-corrected chi connectivity index (χ0v) is 16.1. The van der Waals surface area contributed by atoms with Crippen molar-refractivity contribution >= 4 is 22.2 Å². The highest BCUT2D eigenvalue weighted by atomic mass is 32.2. The largest absolute Gasteiger partial charge is 0.609 e. The van der Waals surface area contributed by atoms with Crippen LogP contribution in [0.4, 0.5) is 26.3 Å². The topological polar surface area (TPSA) is 83.1 Å². The molecule has 0 bridgehead atoms. The number of benzene rings is 1. The number of nitrogens with zero attached hydrogens (tertiary/aromatic N) is 2. The van der Waals surface area contributed by atoms with Crippen molar-refractivity contribution in [2.75, 3.05) is 7.11 Å². The Kier molecular flexibility index (Phi) is 5.78. The predicted molar refractivity (Wildman–Crippen MR) is 93.4 cm³/mol. The Balaban J connectivity index is 1.98. The highest BCUT2D eigenvalue weighted by Crippen LogP contribution is 2.40. The lowest BCUT2D eigenvalue weighted by Crippen LogP contribution is -2.20. The van der Waals surface area contributed by atoms with Crippen molar-refractivity contribution in [3.63, 3.8) is 0 Å². The fourth-order valence-electron chi connectivity index (χ4n) is 2.67. The van der Waals surface area contributed by atoms with Crippen LogP contribution < -0.4 is 9.47 Å². The lowest BCUT2D eigenvalue weighted by Gasteiger charge is -2.15. The molecule has 0 aliphatic rings. The van der Waals surface area contributed by atoms with E-state index >= 15 is 0 Å². The number of aromatic nitrogens is 3. The summed E-state index contributed by atoms with van der Waals surface area (Å²) in [6.45, 7) is 1.69. The number of fused-ring (bicyclic) bond motifs is 1. The minimum Gasteiger partial charge on any atom is -0.609 e. The van der Waals surface area contributed by atoms with Gasteiger partial charge in [-0.2, -0.15) is 18.2 Å². The zero-order valence-electron chi connectivity index (χ0n) is 15.3.